The maximum Gasteiger partial charge on any atom is 0.335 e. The predicted molar refractivity (Wildman–Crippen MR) is 105 cm³/mol. The van der Waals surface area contributed by atoms with Crippen LogP contribution in [0.3, 0.4) is 0 Å². The topological polar surface area (TPSA) is 84.9 Å². The van der Waals surface area contributed by atoms with E-state index in [0.717, 1.165) is 24.2 Å². The highest BCUT2D eigenvalue weighted by atomic mass is 16.5. The van der Waals surface area contributed by atoms with Gasteiger partial charge >= 0.3 is 5.97 Å². The molecule has 0 spiro atoms. The Morgan fingerprint density at radius 1 is 1.04 bits per heavy atom. The second kappa shape index (κ2) is 8.89. The first-order valence-electron chi connectivity index (χ1n) is 9.47. The van der Waals surface area contributed by atoms with Crippen LogP contribution in [0.15, 0.2) is 48.5 Å². The lowest BCUT2D eigenvalue weighted by molar-refractivity contribution is 0.0487. The number of nitrogens with one attached hydrogen (secondary N) is 1. The van der Waals surface area contributed by atoms with E-state index in [4.69, 9.17) is 14.6 Å². The molecule has 0 bridgehead atoms. The Morgan fingerprint density at radius 3 is 2.21 bits per heavy atom. The van der Waals surface area contributed by atoms with Crippen LogP contribution in [0, 0.1) is 0 Å². The molecule has 1 saturated heterocycles. The van der Waals surface area contributed by atoms with Crippen LogP contribution in [0.5, 0.6) is 5.75 Å². The maximum absolute atomic E-state index is 12.6. The summed E-state index contributed by atoms with van der Waals surface area (Å²) in [5, 5.41) is 12.0. The van der Waals surface area contributed by atoms with E-state index < -0.39 is 5.97 Å². The van der Waals surface area contributed by atoms with Gasteiger partial charge in [-0.2, -0.15) is 0 Å². The van der Waals surface area contributed by atoms with Gasteiger partial charge in [0.15, 0.2) is 0 Å². The lowest BCUT2D eigenvalue weighted by Crippen LogP contribution is -2.44. The Labute approximate surface area is 164 Å². The number of amides is 1. The van der Waals surface area contributed by atoms with Gasteiger partial charge in [0.1, 0.15) is 5.75 Å². The monoisotopic (exact) mass is 383 g/mol. The van der Waals surface area contributed by atoms with E-state index in [0.29, 0.717) is 31.9 Å². The van der Waals surface area contributed by atoms with Crippen molar-refractivity contribution in [3.63, 3.8) is 0 Å². The summed E-state index contributed by atoms with van der Waals surface area (Å²) in [6, 6.07) is 14.0. The molecule has 1 heterocycles. The van der Waals surface area contributed by atoms with Gasteiger partial charge in [-0.1, -0.05) is 12.1 Å². The van der Waals surface area contributed by atoms with Crippen LogP contribution in [0.4, 0.5) is 0 Å². The number of benzene rings is 2. The third-order valence-electron chi connectivity index (χ3n) is 5.21. The Bertz CT molecular complexity index is 808. The number of carboxylic acid groups (broad SMARTS) is 1. The fourth-order valence-electron chi connectivity index (χ4n) is 3.52. The lowest BCUT2D eigenvalue weighted by Gasteiger charge is -2.38. The molecule has 1 aliphatic rings. The number of carboxylic acids is 1. The minimum atomic E-state index is -1.01. The van der Waals surface area contributed by atoms with Crippen molar-refractivity contribution < 1.29 is 24.2 Å². The number of hydrogen-bond donors (Lipinski definition) is 2. The van der Waals surface area contributed by atoms with E-state index in [9.17, 15) is 9.59 Å². The summed E-state index contributed by atoms with van der Waals surface area (Å²) in [5.41, 5.74) is 1.56. The van der Waals surface area contributed by atoms with Crippen molar-refractivity contribution in [2.45, 2.75) is 25.2 Å². The molecular formula is C22H25NO5. The molecule has 6 heteroatoms. The highest BCUT2D eigenvalue weighted by molar-refractivity contribution is 5.95. The predicted octanol–water partition coefficient (Wildman–Crippen LogP) is 3.26. The van der Waals surface area contributed by atoms with Crippen LogP contribution in [-0.4, -0.2) is 43.3 Å². The number of carbonyl (C=O) groups is 2. The van der Waals surface area contributed by atoms with Gasteiger partial charge in [0, 0.05) is 30.7 Å². The molecule has 0 radical (unpaired) electrons. The van der Waals surface area contributed by atoms with E-state index >= 15 is 0 Å². The molecule has 0 aromatic heterocycles. The molecule has 2 aromatic carbocycles. The molecule has 3 rings (SSSR count). The fraction of sp³-hybridized carbons (Fsp3) is 0.364. The molecule has 1 fully saturated rings. The van der Waals surface area contributed by atoms with Gasteiger partial charge < -0.3 is 19.9 Å². The molecular weight excluding hydrogens is 358 g/mol. The molecule has 0 aliphatic carbocycles. The molecule has 148 valence electrons. The Hall–Kier alpha value is -2.86. The zero-order valence-corrected chi connectivity index (χ0v) is 15.9. The Balaban J connectivity index is 1.73. The normalized spacial score (nSPS) is 15.6. The molecule has 0 unspecified atom stereocenters. The first kappa shape index (κ1) is 19.9. The van der Waals surface area contributed by atoms with Gasteiger partial charge in [0.2, 0.25) is 0 Å². The van der Waals surface area contributed by atoms with Crippen LogP contribution >= 0.6 is 0 Å². The van der Waals surface area contributed by atoms with Gasteiger partial charge in [0.25, 0.3) is 5.91 Å². The standard InChI is InChI=1S/C22H25NO5/c1-2-28-19-9-7-18(8-10-19)22(11-13-27-14-12-22)15-23-20(24)16-3-5-17(6-4-16)21(25)26/h3-10H,2,11-15H2,1H3,(H,23,24)(H,25,26). The van der Waals surface area contributed by atoms with Crippen molar-refractivity contribution in [2.75, 3.05) is 26.4 Å². The summed E-state index contributed by atoms with van der Waals surface area (Å²) in [6.45, 7) is 4.36. The highest BCUT2D eigenvalue weighted by Crippen LogP contribution is 2.35. The average molecular weight is 383 g/mol. The minimum absolute atomic E-state index is 0.159. The average Bonchev–Trinajstić information content (AvgIpc) is 2.73. The molecule has 28 heavy (non-hydrogen) atoms. The van der Waals surface area contributed by atoms with Crippen LogP contribution < -0.4 is 10.1 Å². The number of rotatable bonds is 7. The first-order chi connectivity index (χ1) is 13.5. The fourth-order valence-corrected chi connectivity index (χ4v) is 3.52. The molecule has 2 aromatic rings. The molecule has 0 saturated carbocycles. The van der Waals surface area contributed by atoms with E-state index in [1.54, 1.807) is 0 Å². The molecule has 1 aliphatic heterocycles. The summed E-state index contributed by atoms with van der Waals surface area (Å²) in [4.78, 5) is 23.5. The summed E-state index contributed by atoms with van der Waals surface area (Å²) in [7, 11) is 0. The van der Waals surface area contributed by atoms with Gasteiger partial charge in [-0.3, -0.25) is 4.79 Å². The van der Waals surface area contributed by atoms with Crippen LogP contribution in [-0.2, 0) is 10.2 Å². The van der Waals surface area contributed by atoms with Gasteiger partial charge in [-0.25, -0.2) is 4.79 Å². The van der Waals surface area contributed by atoms with Crippen molar-refractivity contribution in [1.29, 1.82) is 0 Å². The zero-order valence-electron chi connectivity index (χ0n) is 15.9. The quantitative estimate of drug-likeness (QED) is 0.767. The lowest BCUT2D eigenvalue weighted by atomic mass is 9.74. The summed E-state index contributed by atoms with van der Waals surface area (Å²) in [6.07, 6.45) is 1.64. The molecule has 0 atom stereocenters. The van der Waals surface area contributed by atoms with Crippen molar-refractivity contribution >= 4 is 11.9 Å². The Morgan fingerprint density at radius 2 is 1.64 bits per heavy atom. The first-order valence-corrected chi connectivity index (χ1v) is 9.47. The van der Waals surface area contributed by atoms with Crippen molar-refractivity contribution in [3.05, 3.63) is 65.2 Å². The zero-order chi connectivity index (χ0) is 20.0. The summed E-state index contributed by atoms with van der Waals surface area (Å²) >= 11 is 0. The smallest absolute Gasteiger partial charge is 0.335 e. The summed E-state index contributed by atoms with van der Waals surface area (Å²) < 4.78 is 11.1. The van der Waals surface area contributed by atoms with Crippen molar-refractivity contribution in [3.8, 4) is 5.75 Å². The molecule has 6 nitrogen and oxygen atoms in total. The third kappa shape index (κ3) is 4.51. The number of ether oxygens (including phenoxy) is 2. The number of hydrogen-bond acceptors (Lipinski definition) is 4. The second-order valence-corrected chi connectivity index (χ2v) is 6.92. The van der Waals surface area contributed by atoms with Crippen LogP contribution in [0.2, 0.25) is 0 Å². The van der Waals surface area contributed by atoms with Crippen LogP contribution in [0.1, 0.15) is 46.0 Å². The number of aromatic carboxylic acids is 1. The van der Waals surface area contributed by atoms with Gasteiger partial charge in [0.05, 0.1) is 12.2 Å². The van der Waals surface area contributed by atoms with E-state index in [2.05, 4.69) is 17.4 Å². The van der Waals surface area contributed by atoms with Crippen molar-refractivity contribution in [1.82, 2.24) is 5.32 Å². The Kier molecular flexibility index (Phi) is 6.31. The SMILES string of the molecule is CCOc1ccc(C2(CNC(=O)c3ccc(C(=O)O)cc3)CCOCC2)cc1. The second-order valence-electron chi connectivity index (χ2n) is 6.92. The third-order valence-corrected chi connectivity index (χ3v) is 5.21. The van der Waals surface area contributed by atoms with E-state index in [1.165, 1.54) is 24.3 Å². The van der Waals surface area contributed by atoms with Crippen molar-refractivity contribution in [2.24, 2.45) is 0 Å². The maximum atomic E-state index is 12.6. The van der Waals surface area contributed by atoms with Gasteiger partial charge in [-0.05, 0) is 61.7 Å². The number of carbonyl (C=O) groups excluding carboxylic acids is 1. The van der Waals surface area contributed by atoms with E-state index in [-0.39, 0.29) is 16.9 Å². The largest absolute Gasteiger partial charge is 0.494 e. The van der Waals surface area contributed by atoms with E-state index in [1.807, 2.05) is 19.1 Å². The minimum Gasteiger partial charge on any atom is -0.494 e. The highest BCUT2D eigenvalue weighted by Gasteiger charge is 2.35. The summed E-state index contributed by atoms with van der Waals surface area (Å²) in [5.74, 6) is -0.395. The molecule has 2 N–H and O–H groups in total. The molecule has 1 amide bonds. The van der Waals surface area contributed by atoms with Gasteiger partial charge in [-0.15, -0.1) is 0 Å². The van der Waals surface area contributed by atoms with Crippen LogP contribution in [0.25, 0.3) is 0 Å².